The molecule has 0 bridgehead atoms. The number of rotatable bonds is 5. The van der Waals surface area contributed by atoms with E-state index in [4.69, 9.17) is 24.1 Å². The van der Waals surface area contributed by atoms with Crippen LogP contribution in [-0.4, -0.2) is 45.0 Å². The van der Waals surface area contributed by atoms with E-state index in [0.29, 0.717) is 22.8 Å². The molecule has 1 N–H and O–H groups in total. The van der Waals surface area contributed by atoms with Gasteiger partial charge in [-0.2, -0.15) is 0 Å². The highest BCUT2D eigenvalue weighted by atomic mass is 16.5. The fourth-order valence-corrected chi connectivity index (χ4v) is 2.10. The van der Waals surface area contributed by atoms with E-state index in [9.17, 15) is 9.59 Å². The summed E-state index contributed by atoms with van der Waals surface area (Å²) < 4.78 is 20.4. The molecule has 1 heterocycles. The van der Waals surface area contributed by atoms with Gasteiger partial charge < -0.3 is 24.1 Å². The fourth-order valence-electron chi connectivity index (χ4n) is 2.10. The molecule has 7 nitrogen and oxygen atoms in total. The molecule has 0 aromatic heterocycles. The van der Waals surface area contributed by atoms with E-state index >= 15 is 0 Å². The van der Waals surface area contributed by atoms with Crippen LogP contribution >= 0.6 is 0 Å². The van der Waals surface area contributed by atoms with E-state index in [1.807, 2.05) is 0 Å². The van der Waals surface area contributed by atoms with Gasteiger partial charge >= 0.3 is 11.9 Å². The third-order valence-corrected chi connectivity index (χ3v) is 3.08. The van der Waals surface area contributed by atoms with Gasteiger partial charge in [0.25, 0.3) is 0 Å². The third kappa shape index (κ3) is 2.49. The molecular weight excluding hydrogens is 280 g/mol. The Morgan fingerprint density at radius 2 is 1.71 bits per heavy atom. The Morgan fingerprint density at radius 3 is 2.14 bits per heavy atom. The number of methoxy groups -OCH3 is 3. The average molecular weight is 294 g/mol. The number of carboxylic acids is 1. The largest absolute Gasteiger partial charge is 0.493 e. The van der Waals surface area contributed by atoms with Crippen molar-refractivity contribution in [2.75, 3.05) is 27.9 Å². The van der Waals surface area contributed by atoms with Crippen molar-refractivity contribution in [2.45, 2.75) is 0 Å². The molecule has 0 atom stereocenters. The summed E-state index contributed by atoms with van der Waals surface area (Å²) in [5.41, 5.74) is 0.351. The fraction of sp³-hybridized carbons (Fsp3) is 0.286. The van der Waals surface area contributed by atoms with Crippen molar-refractivity contribution >= 4 is 17.5 Å². The molecule has 0 unspecified atom stereocenters. The van der Waals surface area contributed by atoms with Crippen molar-refractivity contribution in [3.05, 3.63) is 23.3 Å². The van der Waals surface area contributed by atoms with E-state index in [0.717, 1.165) is 0 Å². The van der Waals surface area contributed by atoms with Crippen LogP contribution in [0.5, 0.6) is 17.2 Å². The molecule has 1 aromatic rings. The molecule has 0 radical (unpaired) electrons. The summed E-state index contributed by atoms with van der Waals surface area (Å²) in [5.74, 6) is -1.08. The lowest BCUT2D eigenvalue weighted by Gasteiger charge is -2.14. The molecule has 0 fully saturated rings. The van der Waals surface area contributed by atoms with E-state index in [1.165, 1.54) is 21.3 Å². The predicted octanol–water partition coefficient (Wildman–Crippen LogP) is 1.11. The van der Waals surface area contributed by atoms with Gasteiger partial charge in [0.2, 0.25) is 5.75 Å². The number of carbonyl (C=O) groups excluding carboxylic acids is 1. The van der Waals surface area contributed by atoms with Crippen molar-refractivity contribution in [2.24, 2.45) is 0 Å². The lowest BCUT2D eigenvalue weighted by atomic mass is 10.0. The summed E-state index contributed by atoms with van der Waals surface area (Å²) in [6.07, 6.45) is 0. The molecular formula is C14H14O7. The Labute approximate surface area is 120 Å². The van der Waals surface area contributed by atoms with Crippen molar-refractivity contribution in [1.82, 2.24) is 0 Å². The first-order chi connectivity index (χ1) is 10.0. The molecule has 21 heavy (non-hydrogen) atoms. The Hall–Kier alpha value is -2.70. The zero-order chi connectivity index (χ0) is 15.6. The van der Waals surface area contributed by atoms with E-state index < -0.39 is 11.9 Å². The molecule has 0 aliphatic carbocycles. The third-order valence-electron chi connectivity index (χ3n) is 3.08. The molecule has 1 aliphatic rings. The maximum absolute atomic E-state index is 11.5. The van der Waals surface area contributed by atoms with E-state index in [2.05, 4.69) is 0 Å². The van der Waals surface area contributed by atoms with Crippen LogP contribution in [0.1, 0.15) is 5.56 Å². The minimum absolute atomic E-state index is 0.112. The number of benzene rings is 1. The zero-order valence-corrected chi connectivity index (χ0v) is 11.8. The monoisotopic (exact) mass is 294 g/mol. The molecule has 0 spiro atoms. The van der Waals surface area contributed by atoms with Crippen molar-refractivity contribution in [3.8, 4) is 17.2 Å². The van der Waals surface area contributed by atoms with E-state index in [-0.39, 0.29) is 17.8 Å². The van der Waals surface area contributed by atoms with Gasteiger partial charge in [0.15, 0.2) is 17.1 Å². The number of hydrogen-bond donors (Lipinski definition) is 1. The predicted molar refractivity (Wildman–Crippen MR) is 71.6 cm³/mol. The standard InChI is InChI=1S/C14H14O7/c1-18-9-4-7(5-10(19-2)12(9)20-3)8-6-21-14(17)11(8)13(15)16/h4-5H,6H2,1-3H3,(H,15,16). The van der Waals surface area contributed by atoms with Gasteiger partial charge in [-0.15, -0.1) is 0 Å². The number of cyclic esters (lactones) is 1. The Morgan fingerprint density at radius 1 is 1.14 bits per heavy atom. The van der Waals surface area contributed by atoms with Crippen LogP contribution in [0, 0.1) is 0 Å². The summed E-state index contributed by atoms with van der Waals surface area (Å²) in [6, 6.07) is 3.14. The highest BCUT2D eigenvalue weighted by molar-refractivity contribution is 6.21. The van der Waals surface area contributed by atoms with Crippen molar-refractivity contribution in [1.29, 1.82) is 0 Å². The molecule has 7 heteroatoms. The van der Waals surface area contributed by atoms with Crippen LogP contribution in [0.2, 0.25) is 0 Å². The number of hydrogen-bond acceptors (Lipinski definition) is 6. The second kappa shape index (κ2) is 5.74. The van der Waals surface area contributed by atoms with Crippen LogP contribution in [0.25, 0.3) is 5.57 Å². The topological polar surface area (TPSA) is 91.3 Å². The molecule has 112 valence electrons. The minimum Gasteiger partial charge on any atom is -0.493 e. The molecule has 0 amide bonds. The lowest BCUT2D eigenvalue weighted by molar-refractivity contribution is -0.141. The number of ether oxygens (including phenoxy) is 4. The first-order valence-electron chi connectivity index (χ1n) is 5.97. The number of carbonyl (C=O) groups is 2. The molecule has 2 rings (SSSR count). The van der Waals surface area contributed by atoms with Crippen LogP contribution in [0.15, 0.2) is 17.7 Å². The van der Waals surface area contributed by atoms with Gasteiger partial charge in [-0.25, -0.2) is 9.59 Å². The normalized spacial score (nSPS) is 14.0. The van der Waals surface area contributed by atoms with Gasteiger partial charge in [-0.05, 0) is 17.7 Å². The maximum atomic E-state index is 11.5. The number of carboxylic acid groups (broad SMARTS) is 1. The molecule has 0 saturated heterocycles. The Bertz CT molecular complexity index is 605. The first-order valence-corrected chi connectivity index (χ1v) is 5.97. The van der Waals surface area contributed by atoms with Crippen LogP contribution in [0.3, 0.4) is 0 Å². The number of esters is 1. The summed E-state index contributed by atoms with van der Waals surface area (Å²) in [6.45, 7) is -0.112. The van der Waals surface area contributed by atoms with Crippen molar-refractivity contribution in [3.63, 3.8) is 0 Å². The Balaban J connectivity index is 2.64. The quantitative estimate of drug-likeness (QED) is 0.642. The maximum Gasteiger partial charge on any atom is 0.346 e. The minimum atomic E-state index is -1.33. The van der Waals surface area contributed by atoms with Crippen molar-refractivity contribution < 1.29 is 33.6 Å². The van der Waals surface area contributed by atoms with Crippen LogP contribution < -0.4 is 14.2 Å². The summed E-state index contributed by atoms with van der Waals surface area (Å²) in [7, 11) is 4.36. The highest BCUT2D eigenvalue weighted by Gasteiger charge is 2.32. The smallest absolute Gasteiger partial charge is 0.346 e. The zero-order valence-electron chi connectivity index (χ0n) is 11.8. The average Bonchev–Trinajstić information content (AvgIpc) is 2.87. The second-order valence-electron chi connectivity index (χ2n) is 4.15. The first kappa shape index (κ1) is 14.7. The van der Waals surface area contributed by atoms with Gasteiger partial charge in [-0.3, -0.25) is 0 Å². The molecule has 0 saturated carbocycles. The Kier molecular flexibility index (Phi) is 4.02. The molecule has 1 aliphatic heterocycles. The SMILES string of the molecule is COc1cc(C2=C(C(=O)O)C(=O)OC2)cc(OC)c1OC. The van der Waals surface area contributed by atoms with Gasteiger partial charge in [0, 0.05) is 5.57 Å². The van der Waals surface area contributed by atoms with Gasteiger partial charge in [0.05, 0.1) is 21.3 Å². The highest BCUT2D eigenvalue weighted by Crippen LogP contribution is 2.41. The number of aliphatic carboxylic acids is 1. The lowest BCUT2D eigenvalue weighted by Crippen LogP contribution is -2.09. The van der Waals surface area contributed by atoms with Gasteiger partial charge in [-0.1, -0.05) is 0 Å². The summed E-state index contributed by atoms with van der Waals surface area (Å²) in [5, 5.41) is 9.12. The van der Waals surface area contributed by atoms with Crippen LogP contribution in [-0.2, 0) is 14.3 Å². The van der Waals surface area contributed by atoms with E-state index in [1.54, 1.807) is 12.1 Å². The molecule has 1 aromatic carbocycles. The van der Waals surface area contributed by atoms with Crippen LogP contribution in [0.4, 0.5) is 0 Å². The summed E-state index contributed by atoms with van der Waals surface area (Å²) >= 11 is 0. The van der Waals surface area contributed by atoms with Gasteiger partial charge in [0.1, 0.15) is 6.61 Å². The second-order valence-corrected chi connectivity index (χ2v) is 4.15. The summed E-state index contributed by atoms with van der Waals surface area (Å²) in [4.78, 5) is 22.7.